The van der Waals surface area contributed by atoms with E-state index in [9.17, 15) is 8.42 Å². The van der Waals surface area contributed by atoms with Gasteiger partial charge in [0.15, 0.2) is 5.76 Å². The Hall–Kier alpha value is -1.39. The Kier molecular flexibility index (Phi) is 5.01. The van der Waals surface area contributed by atoms with Gasteiger partial charge in [0.05, 0.1) is 29.5 Å². The molecular formula is C14H21N3O3S. The van der Waals surface area contributed by atoms with Gasteiger partial charge in [0.25, 0.3) is 0 Å². The minimum absolute atomic E-state index is 0.144. The molecule has 1 saturated heterocycles. The van der Waals surface area contributed by atoms with Crippen LogP contribution in [0.25, 0.3) is 0 Å². The average Bonchev–Trinajstić information content (AvgIpc) is 2.95. The molecule has 21 heavy (non-hydrogen) atoms. The lowest BCUT2D eigenvalue weighted by Crippen LogP contribution is -2.40. The highest BCUT2D eigenvalue weighted by Crippen LogP contribution is 2.34. The van der Waals surface area contributed by atoms with E-state index in [0.29, 0.717) is 12.3 Å². The summed E-state index contributed by atoms with van der Waals surface area (Å²) in [6.45, 7) is 4.08. The van der Waals surface area contributed by atoms with Crippen molar-refractivity contribution in [2.75, 3.05) is 12.3 Å². The molecule has 1 aromatic heterocycles. The van der Waals surface area contributed by atoms with Crippen LogP contribution in [-0.4, -0.2) is 30.2 Å². The number of nitriles is 1. The Morgan fingerprint density at radius 2 is 2.33 bits per heavy atom. The summed E-state index contributed by atoms with van der Waals surface area (Å²) in [7, 11) is -3.47. The number of hydrogen-bond donors (Lipinski definition) is 0. The molecule has 1 aromatic rings. The molecule has 0 aliphatic carbocycles. The predicted octanol–water partition coefficient (Wildman–Crippen LogP) is 2.25. The van der Waals surface area contributed by atoms with Gasteiger partial charge in [0.1, 0.15) is 0 Å². The van der Waals surface area contributed by atoms with Crippen LogP contribution < -0.4 is 0 Å². The van der Waals surface area contributed by atoms with Crippen LogP contribution in [0.15, 0.2) is 10.6 Å². The van der Waals surface area contributed by atoms with Gasteiger partial charge < -0.3 is 4.52 Å². The van der Waals surface area contributed by atoms with E-state index < -0.39 is 15.9 Å². The maximum atomic E-state index is 12.5. The average molecular weight is 311 g/mol. The normalized spacial score (nSPS) is 21.9. The summed E-state index contributed by atoms with van der Waals surface area (Å²) in [6, 6.07) is 3.54. The molecule has 2 heterocycles. The van der Waals surface area contributed by atoms with E-state index in [-0.39, 0.29) is 11.8 Å². The van der Waals surface area contributed by atoms with Crippen LogP contribution >= 0.6 is 0 Å². The second-order valence-electron chi connectivity index (χ2n) is 5.51. The van der Waals surface area contributed by atoms with E-state index in [0.717, 1.165) is 31.4 Å². The molecule has 7 heteroatoms. The van der Waals surface area contributed by atoms with Crippen LogP contribution in [0, 0.1) is 17.2 Å². The molecule has 2 atom stereocenters. The number of sulfonamides is 1. The molecule has 0 saturated carbocycles. The summed E-state index contributed by atoms with van der Waals surface area (Å²) in [5.74, 6) is -0.0485. The third-order valence-corrected chi connectivity index (χ3v) is 5.83. The minimum Gasteiger partial charge on any atom is -0.359 e. The number of nitrogens with zero attached hydrogens (tertiary/aromatic N) is 3. The van der Waals surface area contributed by atoms with E-state index in [1.165, 1.54) is 4.31 Å². The van der Waals surface area contributed by atoms with Crippen molar-refractivity contribution in [3.05, 3.63) is 17.5 Å². The fourth-order valence-electron chi connectivity index (χ4n) is 2.62. The first kappa shape index (κ1) is 16.0. The molecule has 0 spiro atoms. The Morgan fingerprint density at radius 3 is 2.95 bits per heavy atom. The van der Waals surface area contributed by atoms with E-state index in [2.05, 4.69) is 5.16 Å². The molecule has 0 radical (unpaired) electrons. The van der Waals surface area contributed by atoms with Gasteiger partial charge in [-0.15, -0.1) is 0 Å². The predicted molar refractivity (Wildman–Crippen MR) is 77.7 cm³/mol. The first-order valence-electron chi connectivity index (χ1n) is 7.32. The van der Waals surface area contributed by atoms with Crippen LogP contribution in [0.5, 0.6) is 0 Å². The summed E-state index contributed by atoms with van der Waals surface area (Å²) in [4.78, 5) is 0. The summed E-state index contributed by atoms with van der Waals surface area (Å²) in [6.07, 6.45) is 3.30. The fourth-order valence-corrected chi connectivity index (χ4v) is 4.53. The molecule has 2 rings (SSSR count). The SMILES string of the molecule is CCc1cc(C2CCCCN2S(=O)(=O)CC(C)C#N)on1. The van der Waals surface area contributed by atoms with Crippen molar-refractivity contribution in [3.8, 4) is 6.07 Å². The molecular weight excluding hydrogens is 290 g/mol. The zero-order valence-corrected chi connectivity index (χ0v) is 13.3. The van der Waals surface area contributed by atoms with E-state index in [1.807, 2.05) is 19.1 Å². The summed E-state index contributed by atoms with van der Waals surface area (Å²) < 4.78 is 31.9. The van der Waals surface area contributed by atoms with Gasteiger partial charge in [-0.25, -0.2) is 8.42 Å². The zero-order valence-electron chi connectivity index (χ0n) is 12.4. The number of piperidine rings is 1. The van der Waals surface area contributed by atoms with E-state index >= 15 is 0 Å². The fraction of sp³-hybridized carbons (Fsp3) is 0.714. The lowest BCUT2D eigenvalue weighted by molar-refractivity contribution is 0.210. The monoisotopic (exact) mass is 311 g/mol. The minimum atomic E-state index is -3.47. The Balaban J connectivity index is 2.25. The molecule has 0 aromatic carbocycles. The molecule has 1 aliphatic heterocycles. The second-order valence-corrected chi connectivity index (χ2v) is 7.47. The first-order chi connectivity index (χ1) is 9.97. The van der Waals surface area contributed by atoms with Gasteiger partial charge >= 0.3 is 0 Å². The zero-order chi connectivity index (χ0) is 15.5. The van der Waals surface area contributed by atoms with Crippen molar-refractivity contribution >= 4 is 10.0 Å². The molecule has 0 amide bonds. The van der Waals surface area contributed by atoms with Gasteiger partial charge in [-0.2, -0.15) is 9.57 Å². The highest BCUT2D eigenvalue weighted by molar-refractivity contribution is 7.89. The molecule has 6 nitrogen and oxygen atoms in total. The maximum Gasteiger partial charge on any atom is 0.216 e. The standard InChI is InChI=1S/C14H21N3O3S/c1-3-12-8-14(20-16-12)13-6-4-5-7-17(13)21(18,19)10-11(2)9-15/h8,11,13H,3-7,10H2,1-2H3. The molecule has 116 valence electrons. The van der Waals surface area contributed by atoms with Crippen molar-refractivity contribution in [2.24, 2.45) is 5.92 Å². The lowest BCUT2D eigenvalue weighted by atomic mass is 10.0. The van der Waals surface area contributed by atoms with Crippen LogP contribution in [0.1, 0.15) is 50.6 Å². The lowest BCUT2D eigenvalue weighted by Gasteiger charge is -2.33. The molecule has 0 N–H and O–H groups in total. The Bertz CT molecular complexity index is 618. The van der Waals surface area contributed by atoms with Gasteiger partial charge in [-0.05, 0) is 26.2 Å². The molecule has 1 fully saturated rings. The Labute approximate surface area is 125 Å². The molecule has 2 unspecified atom stereocenters. The first-order valence-corrected chi connectivity index (χ1v) is 8.93. The highest BCUT2D eigenvalue weighted by atomic mass is 32.2. The van der Waals surface area contributed by atoms with Gasteiger partial charge in [0.2, 0.25) is 10.0 Å². The number of aromatic nitrogens is 1. The third kappa shape index (κ3) is 3.63. The third-order valence-electron chi connectivity index (χ3n) is 3.76. The number of rotatable bonds is 5. The summed E-state index contributed by atoms with van der Waals surface area (Å²) >= 11 is 0. The maximum absolute atomic E-state index is 12.5. The Morgan fingerprint density at radius 1 is 1.57 bits per heavy atom. The summed E-state index contributed by atoms with van der Waals surface area (Å²) in [5, 5.41) is 12.8. The highest BCUT2D eigenvalue weighted by Gasteiger charge is 2.36. The second kappa shape index (κ2) is 6.58. The molecule has 0 bridgehead atoms. The summed E-state index contributed by atoms with van der Waals surface area (Å²) in [5.41, 5.74) is 0.832. The van der Waals surface area contributed by atoms with Gasteiger partial charge in [-0.1, -0.05) is 18.5 Å². The van der Waals surface area contributed by atoms with Gasteiger partial charge in [-0.3, -0.25) is 0 Å². The van der Waals surface area contributed by atoms with Crippen molar-refractivity contribution in [2.45, 2.75) is 45.6 Å². The van der Waals surface area contributed by atoms with E-state index in [4.69, 9.17) is 9.78 Å². The van der Waals surface area contributed by atoms with Crippen LogP contribution in [-0.2, 0) is 16.4 Å². The van der Waals surface area contributed by atoms with Crippen molar-refractivity contribution in [1.29, 1.82) is 5.26 Å². The molecule has 1 aliphatic rings. The largest absolute Gasteiger partial charge is 0.359 e. The topological polar surface area (TPSA) is 87.2 Å². The smallest absolute Gasteiger partial charge is 0.216 e. The van der Waals surface area contributed by atoms with Gasteiger partial charge in [0, 0.05) is 12.6 Å². The van der Waals surface area contributed by atoms with Crippen molar-refractivity contribution in [3.63, 3.8) is 0 Å². The van der Waals surface area contributed by atoms with Crippen LogP contribution in [0.3, 0.4) is 0 Å². The van der Waals surface area contributed by atoms with Crippen molar-refractivity contribution < 1.29 is 12.9 Å². The van der Waals surface area contributed by atoms with Crippen LogP contribution in [0.2, 0.25) is 0 Å². The van der Waals surface area contributed by atoms with Crippen molar-refractivity contribution in [1.82, 2.24) is 9.46 Å². The number of aryl methyl sites for hydroxylation is 1. The van der Waals surface area contributed by atoms with Crippen LogP contribution in [0.4, 0.5) is 0 Å². The number of hydrogen-bond acceptors (Lipinski definition) is 5. The quantitative estimate of drug-likeness (QED) is 0.832. The van der Waals surface area contributed by atoms with E-state index in [1.54, 1.807) is 6.92 Å².